The summed E-state index contributed by atoms with van der Waals surface area (Å²) in [7, 11) is 0. The van der Waals surface area contributed by atoms with Gasteiger partial charge >= 0.3 is 0 Å². The van der Waals surface area contributed by atoms with Crippen molar-refractivity contribution in [3.05, 3.63) is 41.6 Å². The van der Waals surface area contributed by atoms with Gasteiger partial charge in [-0.05, 0) is 24.5 Å². The van der Waals surface area contributed by atoms with E-state index in [4.69, 9.17) is 0 Å². The van der Waals surface area contributed by atoms with E-state index in [2.05, 4.69) is 49.1 Å². The van der Waals surface area contributed by atoms with Crippen molar-refractivity contribution in [1.82, 2.24) is 0 Å². The first-order valence-electron chi connectivity index (χ1n) is 5.79. The topological polar surface area (TPSA) is 3.24 Å². The smallest absolute Gasteiger partial charge is 0.0450 e. The number of rotatable bonds is 0. The number of hydrogen-bond donors (Lipinski definition) is 0. The van der Waals surface area contributed by atoms with Gasteiger partial charge in [0.1, 0.15) is 0 Å². The third kappa shape index (κ3) is 1.09. The van der Waals surface area contributed by atoms with Gasteiger partial charge in [-0.2, -0.15) is 0 Å². The highest BCUT2D eigenvalue weighted by Crippen LogP contribution is 2.48. The Morgan fingerprint density at radius 1 is 1.20 bits per heavy atom. The lowest BCUT2D eigenvalue weighted by Crippen LogP contribution is -2.29. The zero-order valence-electron chi connectivity index (χ0n) is 9.46. The van der Waals surface area contributed by atoms with Crippen LogP contribution in [0.4, 0.5) is 5.69 Å². The average Bonchev–Trinajstić information content (AvgIpc) is 2.51. The van der Waals surface area contributed by atoms with E-state index in [-0.39, 0.29) is 5.41 Å². The molecule has 2 aliphatic heterocycles. The molecule has 0 aliphatic carbocycles. The number of allylic oxidation sites excluding steroid dienone is 2. The van der Waals surface area contributed by atoms with Gasteiger partial charge in [0.15, 0.2) is 0 Å². The van der Waals surface area contributed by atoms with E-state index in [1.807, 2.05) is 0 Å². The summed E-state index contributed by atoms with van der Waals surface area (Å²) in [6, 6.07) is 8.82. The number of anilines is 1. The standard InChI is InChI=1S/C14H17N/c1-14(2)11-7-3-4-8-12(11)15-10-6-5-9-13(14)15/h3-4,7-9H,5-6,10H2,1-2H3. The van der Waals surface area contributed by atoms with Crippen LogP contribution in [0.15, 0.2) is 36.0 Å². The predicted octanol–water partition coefficient (Wildman–Crippen LogP) is 3.46. The first-order valence-corrected chi connectivity index (χ1v) is 5.79. The Morgan fingerprint density at radius 2 is 2.00 bits per heavy atom. The first-order chi connectivity index (χ1) is 7.21. The van der Waals surface area contributed by atoms with E-state index in [0.717, 1.165) is 0 Å². The molecule has 15 heavy (non-hydrogen) atoms. The molecule has 0 bridgehead atoms. The van der Waals surface area contributed by atoms with Crippen molar-refractivity contribution in [1.29, 1.82) is 0 Å². The van der Waals surface area contributed by atoms with Crippen LogP contribution < -0.4 is 4.90 Å². The van der Waals surface area contributed by atoms with Crippen molar-refractivity contribution in [3.63, 3.8) is 0 Å². The summed E-state index contributed by atoms with van der Waals surface area (Å²) in [5.41, 5.74) is 4.62. The van der Waals surface area contributed by atoms with Gasteiger partial charge in [-0.1, -0.05) is 38.1 Å². The maximum atomic E-state index is 2.50. The third-order valence-corrected chi connectivity index (χ3v) is 3.72. The molecule has 1 aromatic carbocycles. The summed E-state index contributed by atoms with van der Waals surface area (Å²) in [5, 5.41) is 0. The molecule has 1 aromatic rings. The van der Waals surface area contributed by atoms with Crippen LogP contribution in [0.1, 0.15) is 32.3 Å². The van der Waals surface area contributed by atoms with Crippen molar-refractivity contribution in [2.24, 2.45) is 0 Å². The van der Waals surface area contributed by atoms with Gasteiger partial charge in [0, 0.05) is 23.3 Å². The zero-order valence-corrected chi connectivity index (χ0v) is 9.46. The Morgan fingerprint density at radius 3 is 2.87 bits per heavy atom. The summed E-state index contributed by atoms with van der Waals surface area (Å²) < 4.78 is 0. The maximum absolute atomic E-state index is 2.50. The quantitative estimate of drug-likeness (QED) is 0.618. The van der Waals surface area contributed by atoms with Crippen LogP contribution in [0, 0.1) is 0 Å². The number of fused-ring (bicyclic) bond motifs is 3. The molecule has 3 rings (SSSR count). The highest BCUT2D eigenvalue weighted by Gasteiger charge is 2.40. The SMILES string of the molecule is CC1(C)C2=CCCCN2c2ccccc21. The Balaban J connectivity index is 2.24. The third-order valence-electron chi connectivity index (χ3n) is 3.72. The van der Waals surface area contributed by atoms with Crippen LogP contribution in [0.3, 0.4) is 0 Å². The van der Waals surface area contributed by atoms with Gasteiger partial charge in [0.25, 0.3) is 0 Å². The molecule has 78 valence electrons. The van der Waals surface area contributed by atoms with Crippen molar-refractivity contribution in [2.45, 2.75) is 32.1 Å². The molecular weight excluding hydrogens is 182 g/mol. The number of hydrogen-bond acceptors (Lipinski definition) is 1. The minimum atomic E-state index is 0.205. The fourth-order valence-electron chi connectivity index (χ4n) is 2.94. The van der Waals surface area contributed by atoms with E-state index in [1.165, 1.54) is 36.3 Å². The normalized spacial score (nSPS) is 22.0. The molecule has 0 unspecified atom stereocenters. The van der Waals surface area contributed by atoms with Crippen LogP contribution in [-0.4, -0.2) is 6.54 Å². The molecule has 1 nitrogen and oxygen atoms in total. The van der Waals surface area contributed by atoms with Gasteiger partial charge in [0.05, 0.1) is 0 Å². The van der Waals surface area contributed by atoms with Crippen molar-refractivity contribution in [3.8, 4) is 0 Å². The van der Waals surface area contributed by atoms with Crippen LogP contribution in [0.5, 0.6) is 0 Å². The van der Waals surface area contributed by atoms with Gasteiger partial charge in [-0.3, -0.25) is 0 Å². The van der Waals surface area contributed by atoms with E-state index < -0.39 is 0 Å². The summed E-state index contributed by atoms with van der Waals surface area (Å²) in [6.07, 6.45) is 4.95. The van der Waals surface area contributed by atoms with E-state index in [0.29, 0.717) is 0 Å². The van der Waals surface area contributed by atoms with Gasteiger partial charge in [0.2, 0.25) is 0 Å². The fourth-order valence-corrected chi connectivity index (χ4v) is 2.94. The number of benzene rings is 1. The molecule has 0 aromatic heterocycles. The minimum absolute atomic E-state index is 0.205. The molecular formula is C14H17N. The molecule has 1 heteroatoms. The van der Waals surface area contributed by atoms with E-state index in [1.54, 1.807) is 0 Å². The Bertz CT molecular complexity index is 429. The van der Waals surface area contributed by atoms with Crippen LogP contribution in [0.25, 0.3) is 0 Å². The van der Waals surface area contributed by atoms with Crippen molar-refractivity contribution < 1.29 is 0 Å². The van der Waals surface area contributed by atoms with Crippen LogP contribution in [0.2, 0.25) is 0 Å². The predicted molar refractivity (Wildman–Crippen MR) is 64.1 cm³/mol. The second-order valence-electron chi connectivity index (χ2n) is 5.03. The molecule has 2 heterocycles. The molecule has 2 aliphatic rings. The first kappa shape index (κ1) is 9.02. The Hall–Kier alpha value is -1.24. The van der Waals surface area contributed by atoms with Crippen LogP contribution in [-0.2, 0) is 5.41 Å². The Labute approximate surface area is 91.4 Å². The highest BCUT2D eigenvalue weighted by molar-refractivity contribution is 5.70. The summed E-state index contributed by atoms with van der Waals surface area (Å²) >= 11 is 0. The number of nitrogens with zero attached hydrogens (tertiary/aromatic N) is 1. The zero-order chi connectivity index (χ0) is 10.5. The van der Waals surface area contributed by atoms with Crippen molar-refractivity contribution in [2.75, 3.05) is 11.4 Å². The molecule has 0 spiro atoms. The van der Waals surface area contributed by atoms with Crippen LogP contribution >= 0.6 is 0 Å². The lowest BCUT2D eigenvalue weighted by molar-refractivity contribution is 0.605. The lowest BCUT2D eigenvalue weighted by Gasteiger charge is -2.30. The monoisotopic (exact) mass is 199 g/mol. The largest absolute Gasteiger partial charge is 0.344 e. The molecule has 0 radical (unpaired) electrons. The van der Waals surface area contributed by atoms with Gasteiger partial charge in [-0.15, -0.1) is 0 Å². The average molecular weight is 199 g/mol. The van der Waals surface area contributed by atoms with Crippen molar-refractivity contribution >= 4 is 5.69 Å². The molecule has 0 saturated carbocycles. The van der Waals surface area contributed by atoms with E-state index in [9.17, 15) is 0 Å². The summed E-state index contributed by atoms with van der Waals surface area (Å²) in [4.78, 5) is 2.50. The molecule has 0 fully saturated rings. The fraction of sp³-hybridized carbons (Fsp3) is 0.429. The highest BCUT2D eigenvalue weighted by atomic mass is 15.2. The molecule has 0 saturated heterocycles. The van der Waals surface area contributed by atoms with Gasteiger partial charge in [-0.25, -0.2) is 0 Å². The minimum Gasteiger partial charge on any atom is -0.344 e. The maximum Gasteiger partial charge on any atom is 0.0450 e. The second kappa shape index (κ2) is 2.88. The van der Waals surface area contributed by atoms with Gasteiger partial charge < -0.3 is 4.90 Å². The second-order valence-corrected chi connectivity index (χ2v) is 5.03. The lowest BCUT2D eigenvalue weighted by atomic mass is 9.83. The Kier molecular flexibility index (Phi) is 1.73. The summed E-state index contributed by atoms with van der Waals surface area (Å²) in [5.74, 6) is 0. The molecule has 0 atom stereocenters. The summed E-state index contributed by atoms with van der Waals surface area (Å²) in [6.45, 7) is 5.86. The molecule has 0 amide bonds. The number of para-hydroxylation sites is 1. The van der Waals surface area contributed by atoms with E-state index >= 15 is 0 Å². The molecule has 0 N–H and O–H groups in total.